The summed E-state index contributed by atoms with van der Waals surface area (Å²) in [6, 6.07) is 0. The number of aliphatic hydroxyl groups is 1. The van der Waals surface area contributed by atoms with Crippen molar-refractivity contribution in [1.82, 2.24) is 0 Å². The Morgan fingerprint density at radius 3 is 3.29 bits per heavy atom. The van der Waals surface area contributed by atoms with Gasteiger partial charge in [0.05, 0.1) is 7.47 Å². The first-order valence-electron chi connectivity index (χ1n) is 3.85. The van der Waals surface area contributed by atoms with Gasteiger partial charge in [-0.3, -0.25) is 0 Å². The van der Waals surface area contributed by atoms with Crippen LogP contribution in [-0.2, 0) is 4.74 Å². The summed E-state index contributed by atoms with van der Waals surface area (Å²) in [5, 5.41) is 9.03. The average Bonchev–Trinajstić information content (AvgIpc) is 1.84. The monoisotopic (exact) mass is 105 g/mol. The fraction of sp³-hybridized carbons (Fsp3) is 1.00. The topological polar surface area (TPSA) is 29.5 Å². The van der Waals surface area contributed by atoms with E-state index in [4.69, 9.17) is 14.0 Å². The number of rotatable bonds is 0. The molecule has 0 aliphatic carbocycles. The van der Waals surface area contributed by atoms with Crippen molar-refractivity contribution in [2.75, 3.05) is 13.2 Å². The second-order valence-corrected chi connectivity index (χ2v) is 1.46. The van der Waals surface area contributed by atoms with Gasteiger partial charge in [0, 0.05) is 15.9 Å². The second kappa shape index (κ2) is 2.28. The van der Waals surface area contributed by atoms with Gasteiger partial charge in [-0.25, -0.2) is 0 Å². The Morgan fingerprint density at radius 2 is 2.71 bits per heavy atom. The van der Waals surface area contributed by atoms with E-state index >= 15 is 0 Å². The van der Waals surface area contributed by atoms with E-state index in [1.165, 1.54) is 0 Å². The van der Waals surface area contributed by atoms with Crippen molar-refractivity contribution in [3.63, 3.8) is 0 Å². The third-order valence-electron chi connectivity index (χ3n) is 0.853. The maximum absolute atomic E-state index is 9.03. The fourth-order valence-corrected chi connectivity index (χ4v) is 0.449. The highest BCUT2D eigenvalue weighted by Crippen LogP contribution is 2.03. The Morgan fingerprint density at radius 1 is 1.86 bits per heavy atom. The Bertz CT molecular complexity index is 116. The summed E-state index contributed by atoms with van der Waals surface area (Å²) in [7, 11) is 0. The minimum Gasteiger partial charge on any atom is -0.393 e. The van der Waals surface area contributed by atoms with Gasteiger partial charge in [-0.1, -0.05) is 0 Å². The molecule has 0 bridgehead atoms. The molecule has 42 valence electrons. The molecular formula is C5H10O2. The average molecular weight is 105 g/mol. The lowest BCUT2D eigenvalue weighted by molar-refractivity contribution is 0.0140. The second-order valence-electron chi connectivity index (χ2n) is 1.46. The minimum atomic E-state index is -1.90. The summed E-state index contributed by atoms with van der Waals surface area (Å²) in [6.45, 7) is -0.967. The lowest BCUT2D eigenvalue weighted by Gasteiger charge is -2.15. The predicted octanol–water partition coefficient (Wildman–Crippen LogP) is 0.158. The third kappa shape index (κ3) is 1.45. The maximum Gasteiger partial charge on any atom is 0.0584 e. The molecule has 0 aromatic rings. The van der Waals surface area contributed by atoms with Crippen molar-refractivity contribution in [3.8, 4) is 0 Å². The van der Waals surface area contributed by atoms with Crippen LogP contribution >= 0.6 is 0 Å². The van der Waals surface area contributed by atoms with Gasteiger partial charge in [0.1, 0.15) is 0 Å². The fourth-order valence-electron chi connectivity index (χ4n) is 0.449. The Balaban J connectivity index is 2.63. The lowest BCUT2D eigenvalue weighted by Crippen LogP contribution is -2.19. The van der Waals surface area contributed by atoms with Crippen LogP contribution in [-0.4, -0.2) is 24.4 Å². The predicted molar refractivity (Wildman–Crippen MR) is 26.1 cm³/mol. The molecule has 0 amide bonds. The van der Waals surface area contributed by atoms with Crippen LogP contribution in [0, 0.1) is 0 Å². The van der Waals surface area contributed by atoms with Crippen molar-refractivity contribution < 1.29 is 14.0 Å². The molecule has 0 spiro atoms. The zero-order valence-corrected chi connectivity index (χ0v) is 3.92. The van der Waals surface area contributed by atoms with Crippen molar-refractivity contribution in [2.45, 2.75) is 18.9 Å². The van der Waals surface area contributed by atoms with E-state index in [1.807, 2.05) is 0 Å². The molecule has 2 nitrogen and oxygen atoms in total. The summed E-state index contributed by atoms with van der Waals surface area (Å²) in [4.78, 5) is 0. The van der Waals surface area contributed by atoms with Gasteiger partial charge in [-0.05, 0) is 12.8 Å². The highest BCUT2D eigenvalue weighted by Gasteiger charge is 2.07. The van der Waals surface area contributed by atoms with Crippen LogP contribution in [0.2, 0.25) is 0 Å². The highest BCUT2D eigenvalue weighted by atomic mass is 16.5. The van der Waals surface area contributed by atoms with Crippen LogP contribution in [0.25, 0.3) is 0 Å². The van der Waals surface area contributed by atoms with E-state index in [0.29, 0.717) is 0 Å². The van der Waals surface area contributed by atoms with E-state index < -0.39 is 19.1 Å². The summed E-state index contributed by atoms with van der Waals surface area (Å²) in [5.41, 5.74) is 0. The standard InChI is InChI=1S/C5H10O2/c6-5-1-3-7-4-2-5/h5-6H,1-4H2/i1D2,3D. The summed E-state index contributed by atoms with van der Waals surface area (Å²) in [6.07, 6.45) is -2.68. The molecular weight excluding hydrogens is 92.1 g/mol. The molecule has 0 saturated carbocycles. The molecule has 2 heteroatoms. The van der Waals surface area contributed by atoms with Gasteiger partial charge >= 0.3 is 0 Å². The van der Waals surface area contributed by atoms with Gasteiger partial charge in [-0.2, -0.15) is 0 Å². The maximum atomic E-state index is 9.03. The first-order chi connectivity index (χ1) is 4.55. The zero-order valence-electron chi connectivity index (χ0n) is 6.92. The van der Waals surface area contributed by atoms with E-state index in [1.54, 1.807) is 0 Å². The molecule has 2 atom stereocenters. The van der Waals surface area contributed by atoms with Gasteiger partial charge in [0.15, 0.2) is 0 Å². The van der Waals surface area contributed by atoms with E-state index in [0.717, 1.165) is 0 Å². The largest absolute Gasteiger partial charge is 0.393 e. The molecule has 1 rings (SSSR count). The van der Waals surface area contributed by atoms with Crippen molar-refractivity contribution >= 4 is 0 Å². The molecule has 7 heavy (non-hydrogen) atoms. The Hall–Kier alpha value is -0.0800. The summed E-state index contributed by atoms with van der Waals surface area (Å²) >= 11 is 0. The third-order valence-corrected chi connectivity index (χ3v) is 0.853. The quantitative estimate of drug-likeness (QED) is 0.475. The Kier molecular flexibility index (Phi) is 0.804. The smallest absolute Gasteiger partial charge is 0.0584 e. The van der Waals surface area contributed by atoms with Crippen LogP contribution in [0.4, 0.5) is 0 Å². The molecule has 0 aromatic carbocycles. The number of ether oxygens (including phenoxy) is 1. The first-order valence-corrected chi connectivity index (χ1v) is 2.27. The van der Waals surface area contributed by atoms with Crippen LogP contribution in [0.15, 0.2) is 0 Å². The number of hydrogen-bond donors (Lipinski definition) is 1. The first kappa shape index (κ1) is 2.46. The van der Waals surface area contributed by atoms with Crippen LogP contribution < -0.4 is 0 Å². The van der Waals surface area contributed by atoms with Gasteiger partial charge in [-0.15, -0.1) is 0 Å². The van der Waals surface area contributed by atoms with Gasteiger partial charge in [0.25, 0.3) is 0 Å². The molecule has 1 aliphatic rings. The SMILES string of the molecule is [2H]C1OCCC(O)C1([2H])[2H]. The molecule has 1 aliphatic heterocycles. The molecule has 1 fully saturated rings. The zero-order chi connectivity index (χ0) is 7.78. The van der Waals surface area contributed by atoms with Crippen LogP contribution in [0.5, 0.6) is 0 Å². The molecule has 0 radical (unpaired) electrons. The van der Waals surface area contributed by atoms with Crippen molar-refractivity contribution in [1.29, 1.82) is 0 Å². The molecule has 1 N–H and O–H groups in total. The van der Waals surface area contributed by atoms with Crippen LogP contribution in [0.1, 0.15) is 16.9 Å². The number of aliphatic hydroxyl groups excluding tert-OH is 1. The molecule has 1 heterocycles. The number of hydrogen-bond acceptors (Lipinski definition) is 2. The molecule has 2 unspecified atom stereocenters. The van der Waals surface area contributed by atoms with Crippen LogP contribution in [0.3, 0.4) is 0 Å². The van der Waals surface area contributed by atoms with Gasteiger partial charge < -0.3 is 9.84 Å². The Labute approximate surface area is 47.3 Å². The van der Waals surface area contributed by atoms with Crippen molar-refractivity contribution in [3.05, 3.63) is 0 Å². The molecule has 1 saturated heterocycles. The van der Waals surface area contributed by atoms with Crippen molar-refractivity contribution in [2.24, 2.45) is 0 Å². The van der Waals surface area contributed by atoms with E-state index in [2.05, 4.69) is 0 Å². The lowest BCUT2D eigenvalue weighted by atomic mass is 10.2. The molecule has 0 aromatic heterocycles. The van der Waals surface area contributed by atoms with E-state index in [9.17, 15) is 0 Å². The summed E-state index contributed by atoms with van der Waals surface area (Å²) in [5.74, 6) is 0. The van der Waals surface area contributed by atoms with Gasteiger partial charge in [0.2, 0.25) is 0 Å². The van der Waals surface area contributed by atoms with E-state index in [-0.39, 0.29) is 13.0 Å². The highest BCUT2D eigenvalue weighted by molar-refractivity contribution is 4.58. The summed E-state index contributed by atoms with van der Waals surface area (Å²) < 4.78 is 26.0. The minimum absolute atomic E-state index is 0.273. The normalized spacial score (nSPS) is 57.0.